The zero-order valence-corrected chi connectivity index (χ0v) is 7.28. The van der Waals surface area contributed by atoms with E-state index in [9.17, 15) is 4.39 Å². The number of ether oxygens (including phenoxy) is 1. The van der Waals surface area contributed by atoms with E-state index in [2.05, 4.69) is 11.7 Å². The quantitative estimate of drug-likeness (QED) is 0.620. The summed E-state index contributed by atoms with van der Waals surface area (Å²) in [5, 5.41) is 3.70. The van der Waals surface area contributed by atoms with E-state index in [1.54, 1.807) is 6.08 Å². The molecule has 0 N–H and O–H groups in total. The van der Waals surface area contributed by atoms with Crippen molar-refractivity contribution >= 4 is 5.71 Å². The highest BCUT2D eigenvalue weighted by atomic mass is 19.1. The molecule has 1 saturated heterocycles. The van der Waals surface area contributed by atoms with E-state index in [1.807, 2.05) is 0 Å². The Morgan fingerprint density at radius 2 is 2.54 bits per heavy atom. The first-order valence-electron chi connectivity index (χ1n) is 4.38. The molecule has 0 bridgehead atoms. The molecular weight excluding hydrogens is 173 g/mol. The van der Waals surface area contributed by atoms with Crippen molar-refractivity contribution in [3.63, 3.8) is 0 Å². The molecule has 0 amide bonds. The standard InChI is InChI=1S/C9H12FNO2/c1-2-3-7-9-6(4-10)11-13-8(9)5-12-7/h2,7-9H,1,3-5H2/t7-,8+,9-/m0/s1. The molecule has 0 aromatic carbocycles. The Morgan fingerprint density at radius 1 is 1.69 bits per heavy atom. The van der Waals surface area contributed by atoms with Gasteiger partial charge in [0.2, 0.25) is 0 Å². The van der Waals surface area contributed by atoms with Gasteiger partial charge in [0, 0.05) is 0 Å². The van der Waals surface area contributed by atoms with Crippen LogP contribution < -0.4 is 0 Å². The zero-order chi connectivity index (χ0) is 9.26. The minimum Gasteiger partial charge on any atom is -0.389 e. The van der Waals surface area contributed by atoms with Gasteiger partial charge in [0.1, 0.15) is 6.67 Å². The van der Waals surface area contributed by atoms with Crippen LogP contribution in [0.5, 0.6) is 0 Å². The summed E-state index contributed by atoms with van der Waals surface area (Å²) in [7, 11) is 0. The number of alkyl halides is 1. The van der Waals surface area contributed by atoms with Gasteiger partial charge in [0.05, 0.1) is 24.3 Å². The van der Waals surface area contributed by atoms with Gasteiger partial charge in [-0.15, -0.1) is 6.58 Å². The number of fused-ring (bicyclic) bond motifs is 1. The van der Waals surface area contributed by atoms with Crippen molar-refractivity contribution in [3.05, 3.63) is 12.7 Å². The molecule has 13 heavy (non-hydrogen) atoms. The van der Waals surface area contributed by atoms with Gasteiger partial charge in [-0.2, -0.15) is 0 Å². The minimum atomic E-state index is -0.543. The van der Waals surface area contributed by atoms with Crippen molar-refractivity contribution in [2.45, 2.75) is 18.6 Å². The number of nitrogens with zero attached hydrogens (tertiary/aromatic N) is 1. The SMILES string of the molecule is C=CC[C@@H]1OC[C@H]2ON=C(CF)[C@@H]12. The van der Waals surface area contributed by atoms with E-state index in [-0.39, 0.29) is 18.1 Å². The molecule has 0 unspecified atom stereocenters. The first-order chi connectivity index (χ1) is 6.36. The van der Waals surface area contributed by atoms with Crippen LogP contribution in [0.4, 0.5) is 4.39 Å². The second kappa shape index (κ2) is 3.46. The molecule has 0 spiro atoms. The van der Waals surface area contributed by atoms with E-state index in [0.717, 1.165) is 6.42 Å². The highest BCUT2D eigenvalue weighted by Crippen LogP contribution is 2.32. The summed E-state index contributed by atoms with van der Waals surface area (Å²) in [6, 6.07) is 0. The van der Waals surface area contributed by atoms with Crippen LogP contribution in [0.3, 0.4) is 0 Å². The van der Waals surface area contributed by atoms with Crippen molar-refractivity contribution in [1.82, 2.24) is 0 Å². The van der Waals surface area contributed by atoms with Crippen LogP contribution in [0.2, 0.25) is 0 Å². The third-order valence-electron chi connectivity index (χ3n) is 2.50. The van der Waals surface area contributed by atoms with Gasteiger partial charge in [-0.25, -0.2) is 4.39 Å². The zero-order valence-electron chi connectivity index (χ0n) is 7.28. The topological polar surface area (TPSA) is 30.8 Å². The predicted octanol–water partition coefficient (Wildman–Crippen LogP) is 1.30. The second-order valence-corrected chi connectivity index (χ2v) is 3.28. The molecule has 72 valence electrons. The largest absolute Gasteiger partial charge is 0.389 e. The van der Waals surface area contributed by atoms with E-state index >= 15 is 0 Å². The fourth-order valence-corrected chi connectivity index (χ4v) is 1.88. The maximum atomic E-state index is 12.5. The smallest absolute Gasteiger partial charge is 0.161 e. The van der Waals surface area contributed by atoms with Crippen LogP contribution in [0, 0.1) is 5.92 Å². The molecular formula is C9H12FNO2. The lowest BCUT2D eigenvalue weighted by molar-refractivity contribution is 0.0469. The Hall–Kier alpha value is -0.900. The van der Waals surface area contributed by atoms with Crippen LogP contribution in [-0.4, -0.2) is 31.2 Å². The number of rotatable bonds is 3. The summed E-state index contributed by atoms with van der Waals surface area (Å²) in [6.45, 7) is 3.60. The van der Waals surface area contributed by atoms with Gasteiger partial charge in [-0.3, -0.25) is 0 Å². The maximum absolute atomic E-state index is 12.5. The van der Waals surface area contributed by atoms with Gasteiger partial charge in [0.25, 0.3) is 0 Å². The highest BCUT2D eigenvalue weighted by molar-refractivity contribution is 5.89. The third kappa shape index (κ3) is 1.35. The Morgan fingerprint density at radius 3 is 3.23 bits per heavy atom. The predicted molar refractivity (Wildman–Crippen MR) is 46.3 cm³/mol. The van der Waals surface area contributed by atoms with Crippen LogP contribution in [0.1, 0.15) is 6.42 Å². The lowest BCUT2D eigenvalue weighted by Gasteiger charge is -2.13. The van der Waals surface area contributed by atoms with E-state index in [4.69, 9.17) is 9.57 Å². The first-order valence-corrected chi connectivity index (χ1v) is 4.38. The molecule has 1 fully saturated rings. The summed E-state index contributed by atoms with van der Waals surface area (Å²) < 4.78 is 17.9. The lowest BCUT2D eigenvalue weighted by Crippen LogP contribution is -2.28. The molecule has 3 atom stereocenters. The van der Waals surface area contributed by atoms with Crippen molar-refractivity contribution in [1.29, 1.82) is 0 Å². The fraction of sp³-hybridized carbons (Fsp3) is 0.667. The Labute approximate surface area is 76.2 Å². The first kappa shape index (κ1) is 8.69. The average Bonchev–Trinajstić information content (AvgIpc) is 2.68. The molecule has 2 rings (SSSR count). The van der Waals surface area contributed by atoms with Crippen molar-refractivity contribution < 1.29 is 14.0 Å². The molecule has 0 aliphatic carbocycles. The van der Waals surface area contributed by atoms with Crippen LogP contribution >= 0.6 is 0 Å². The summed E-state index contributed by atoms with van der Waals surface area (Å²) in [5.74, 6) is 0.00278. The van der Waals surface area contributed by atoms with E-state index in [1.165, 1.54) is 0 Å². The van der Waals surface area contributed by atoms with Gasteiger partial charge < -0.3 is 9.57 Å². The second-order valence-electron chi connectivity index (χ2n) is 3.28. The molecule has 0 aromatic rings. The number of oxime groups is 1. The number of halogens is 1. The maximum Gasteiger partial charge on any atom is 0.161 e. The molecule has 2 aliphatic rings. The van der Waals surface area contributed by atoms with Gasteiger partial charge in [-0.05, 0) is 6.42 Å². The summed E-state index contributed by atoms with van der Waals surface area (Å²) in [4.78, 5) is 5.05. The normalized spacial score (nSPS) is 36.7. The summed E-state index contributed by atoms with van der Waals surface area (Å²) in [6.07, 6.45) is 2.43. The molecule has 0 saturated carbocycles. The monoisotopic (exact) mass is 185 g/mol. The molecule has 0 radical (unpaired) electrons. The third-order valence-corrected chi connectivity index (χ3v) is 2.50. The molecule has 4 heteroatoms. The fourth-order valence-electron chi connectivity index (χ4n) is 1.88. The molecule has 2 aliphatic heterocycles. The lowest BCUT2D eigenvalue weighted by atomic mass is 9.93. The van der Waals surface area contributed by atoms with E-state index < -0.39 is 6.67 Å². The molecule has 2 heterocycles. The highest BCUT2D eigenvalue weighted by Gasteiger charge is 2.45. The number of hydrogen-bond acceptors (Lipinski definition) is 3. The number of hydrogen-bond donors (Lipinski definition) is 0. The van der Waals surface area contributed by atoms with Gasteiger partial charge >= 0.3 is 0 Å². The van der Waals surface area contributed by atoms with Crippen molar-refractivity contribution in [2.24, 2.45) is 11.1 Å². The van der Waals surface area contributed by atoms with Gasteiger partial charge in [-0.1, -0.05) is 11.2 Å². The van der Waals surface area contributed by atoms with Crippen molar-refractivity contribution in [2.75, 3.05) is 13.3 Å². The Balaban J connectivity index is 2.09. The summed E-state index contributed by atoms with van der Waals surface area (Å²) in [5.41, 5.74) is 0.481. The van der Waals surface area contributed by atoms with Crippen LogP contribution in [0.25, 0.3) is 0 Å². The Bertz CT molecular complexity index is 242. The Kier molecular flexibility index (Phi) is 2.31. The van der Waals surface area contributed by atoms with E-state index in [0.29, 0.717) is 12.3 Å². The average molecular weight is 185 g/mol. The molecule has 0 aromatic heterocycles. The minimum absolute atomic E-state index is 0.000463. The molecule has 3 nitrogen and oxygen atoms in total. The van der Waals surface area contributed by atoms with Gasteiger partial charge in [0.15, 0.2) is 6.10 Å². The van der Waals surface area contributed by atoms with Crippen LogP contribution in [-0.2, 0) is 9.57 Å². The summed E-state index contributed by atoms with van der Waals surface area (Å²) >= 11 is 0. The van der Waals surface area contributed by atoms with Crippen LogP contribution in [0.15, 0.2) is 17.8 Å². The van der Waals surface area contributed by atoms with Crippen molar-refractivity contribution in [3.8, 4) is 0 Å².